The molecule has 29 heavy (non-hydrogen) atoms. The predicted molar refractivity (Wildman–Crippen MR) is 105 cm³/mol. The molecule has 0 radical (unpaired) electrons. The van der Waals surface area contributed by atoms with Crippen molar-refractivity contribution in [2.45, 2.75) is 19.6 Å². The van der Waals surface area contributed by atoms with Crippen molar-refractivity contribution in [2.24, 2.45) is 0 Å². The number of hydrogen-bond acceptors (Lipinski definition) is 4. The van der Waals surface area contributed by atoms with Gasteiger partial charge in [-0.1, -0.05) is 6.07 Å². The van der Waals surface area contributed by atoms with Crippen LogP contribution in [0.25, 0.3) is 22.0 Å². The van der Waals surface area contributed by atoms with Crippen LogP contribution in [0.1, 0.15) is 26.5 Å². The van der Waals surface area contributed by atoms with Crippen LogP contribution in [0.5, 0.6) is 0 Å². The van der Waals surface area contributed by atoms with E-state index in [-0.39, 0.29) is 11.2 Å². The van der Waals surface area contributed by atoms with Crippen molar-refractivity contribution in [3.05, 3.63) is 76.0 Å². The Kier molecular flexibility index (Phi) is 4.87. The molecule has 148 valence electrons. The van der Waals surface area contributed by atoms with E-state index in [2.05, 4.69) is 10.3 Å². The highest BCUT2D eigenvalue weighted by atomic mass is 32.1. The number of rotatable bonds is 4. The van der Waals surface area contributed by atoms with Crippen LogP contribution in [0.3, 0.4) is 0 Å². The molecule has 0 fully saturated rings. The Hall–Kier alpha value is -3.13. The zero-order chi connectivity index (χ0) is 20.6. The normalized spacial score (nSPS) is 11.7. The maximum Gasteiger partial charge on any atom is 0.418 e. The number of aryl methyl sites for hydroxylation is 1. The largest absolute Gasteiger partial charge is 0.472 e. The van der Waals surface area contributed by atoms with Crippen LogP contribution in [0.2, 0.25) is 0 Å². The van der Waals surface area contributed by atoms with Gasteiger partial charge in [0.2, 0.25) is 0 Å². The lowest BCUT2D eigenvalue weighted by Crippen LogP contribution is -2.23. The molecule has 1 N–H and O–H groups in total. The molecule has 3 aromatic heterocycles. The van der Waals surface area contributed by atoms with Crippen LogP contribution >= 0.6 is 11.3 Å². The van der Waals surface area contributed by atoms with Crippen molar-refractivity contribution in [2.75, 3.05) is 0 Å². The summed E-state index contributed by atoms with van der Waals surface area (Å²) in [6.45, 7) is 1.96. The number of furan rings is 1. The molecule has 0 aliphatic heterocycles. The summed E-state index contributed by atoms with van der Waals surface area (Å²) in [5.41, 5.74) is 0.265. The number of halogens is 3. The van der Waals surface area contributed by atoms with Gasteiger partial charge in [-0.15, -0.1) is 11.3 Å². The minimum Gasteiger partial charge on any atom is -0.472 e. The number of pyridine rings is 1. The van der Waals surface area contributed by atoms with E-state index in [1.807, 2.05) is 17.5 Å². The molecule has 0 unspecified atom stereocenters. The second-order valence-electron chi connectivity index (χ2n) is 6.52. The summed E-state index contributed by atoms with van der Waals surface area (Å²) < 4.78 is 46.3. The third-order valence-electron chi connectivity index (χ3n) is 4.52. The highest BCUT2D eigenvalue weighted by molar-refractivity contribution is 7.09. The summed E-state index contributed by atoms with van der Waals surface area (Å²) in [6, 6.07) is 9.49. The number of amides is 1. The fourth-order valence-corrected chi connectivity index (χ4v) is 3.73. The summed E-state index contributed by atoms with van der Waals surface area (Å²) >= 11 is 1.48. The second kappa shape index (κ2) is 7.36. The minimum absolute atomic E-state index is 0.0480. The van der Waals surface area contributed by atoms with E-state index in [0.29, 0.717) is 28.6 Å². The lowest BCUT2D eigenvalue weighted by atomic mass is 9.98. The second-order valence-corrected chi connectivity index (χ2v) is 7.55. The summed E-state index contributed by atoms with van der Waals surface area (Å²) in [5, 5.41) is 4.92. The first-order valence-corrected chi connectivity index (χ1v) is 9.56. The Labute approximate surface area is 168 Å². The van der Waals surface area contributed by atoms with E-state index in [1.54, 1.807) is 19.1 Å². The number of nitrogens with one attached hydrogen (secondary N) is 1. The number of carbonyl (C=O) groups is 1. The molecule has 4 rings (SSSR count). The molecule has 0 spiro atoms. The van der Waals surface area contributed by atoms with Gasteiger partial charge in [-0.25, -0.2) is 4.98 Å². The molecule has 1 aromatic carbocycles. The first kappa shape index (κ1) is 19.2. The van der Waals surface area contributed by atoms with Crippen LogP contribution in [-0.2, 0) is 12.7 Å². The molecule has 0 aliphatic rings. The Balaban J connectivity index is 1.79. The maximum absolute atomic E-state index is 13.8. The Bertz CT molecular complexity index is 1170. The number of aromatic nitrogens is 1. The third kappa shape index (κ3) is 3.88. The molecule has 8 heteroatoms. The Morgan fingerprint density at radius 1 is 1.21 bits per heavy atom. The number of alkyl halides is 3. The highest BCUT2D eigenvalue weighted by Gasteiger charge is 2.34. The molecule has 3 heterocycles. The fourth-order valence-electron chi connectivity index (χ4n) is 3.09. The number of hydrogen-bond donors (Lipinski definition) is 1. The predicted octanol–water partition coefficient (Wildman–Crippen LogP) is 5.81. The number of fused-ring (bicyclic) bond motifs is 1. The molecule has 1 amide bonds. The van der Waals surface area contributed by atoms with Gasteiger partial charge in [0.1, 0.15) is 5.69 Å². The van der Waals surface area contributed by atoms with Crippen molar-refractivity contribution in [1.82, 2.24) is 10.3 Å². The highest BCUT2D eigenvalue weighted by Crippen LogP contribution is 2.38. The van der Waals surface area contributed by atoms with Crippen molar-refractivity contribution in [3.8, 4) is 11.1 Å². The standard InChI is InChI=1S/C21H15F3N2O2S/c1-12-7-18(20(27)25-10-15-3-2-6-29-15)26-19-16(12)8-14(13-4-5-28-11-13)9-17(19)21(22,23)24/h2-9,11H,10H2,1H3,(H,25,27). The quantitative estimate of drug-likeness (QED) is 0.457. The first-order valence-electron chi connectivity index (χ1n) is 8.68. The maximum atomic E-state index is 13.8. The van der Waals surface area contributed by atoms with E-state index in [4.69, 9.17) is 4.42 Å². The van der Waals surface area contributed by atoms with Crippen molar-refractivity contribution >= 4 is 28.1 Å². The molecular formula is C21H15F3N2O2S. The SMILES string of the molecule is Cc1cc(C(=O)NCc2cccs2)nc2c(C(F)(F)F)cc(-c3ccoc3)cc12. The van der Waals surface area contributed by atoms with Gasteiger partial charge in [-0.05, 0) is 53.8 Å². The molecule has 0 atom stereocenters. The summed E-state index contributed by atoms with van der Waals surface area (Å²) in [6.07, 6.45) is -1.83. The monoisotopic (exact) mass is 416 g/mol. The van der Waals surface area contributed by atoms with Crippen molar-refractivity contribution < 1.29 is 22.4 Å². The fraction of sp³-hybridized carbons (Fsp3) is 0.143. The van der Waals surface area contributed by atoms with Crippen molar-refractivity contribution in [3.63, 3.8) is 0 Å². The minimum atomic E-state index is -4.62. The van der Waals surface area contributed by atoms with Gasteiger partial charge >= 0.3 is 6.18 Å². The first-order chi connectivity index (χ1) is 13.8. The van der Waals surface area contributed by atoms with E-state index in [0.717, 1.165) is 10.9 Å². The van der Waals surface area contributed by atoms with Gasteiger partial charge < -0.3 is 9.73 Å². The number of benzene rings is 1. The molecule has 0 saturated heterocycles. The van der Waals surface area contributed by atoms with Crippen molar-refractivity contribution in [1.29, 1.82) is 0 Å². The average Bonchev–Trinajstić information content (AvgIpc) is 3.38. The smallest absolute Gasteiger partial charge is 0.418 e. The number of carbonyl (C=O) groups excluding carboxylic acids is 1. The van der Waals surface area contributed by atoms with Crippen LogP contribution in [0, 0.1) is 6.92 Å². The van der Waals surface area contributed by atoms with Gasteiger partial charge in [0.15, 0.2) is 0 Å². The van der Waals surface area contributed by atoms with Crippen LogP contribution in [-0.4, -0.2) is 10.9 Å². The zero-order valence-electron chi connectivity index (χ0n) is 15.2. The van der Waals surface area contributed by atoms with E-state index in [9.17, 15) is 18.0 Å². The van der Waals surface area contributed by atoms with E-state index < -0.39 is 17.6 Å². The molecule has 4 nitrogen and oxygen atoms in total. The molecule has 0 saturated carbocycles. The molecule has 0 aliphatic carbocycles. The Morgan fingerprint density at radius 3 is 2.69 bits per heavy atom. The van der Waals surface area contributed by atoms with Gasteiger partial charge in [0, 0.05) is 15.8 Å². The number of nitrogens with zero attached hydrogens (tertiary/aromatic N) is 1. The third-order valence-corrected chi connectivity index (χ3v) is 5.39. The van der Waals surface area contributed by atoms with Gasteiger partial charge in [-0.2, -0.15) is 13.2 Å². The van der Waals surface area contributed by atoms with Crippen LogP contribution in [0.4, 0.5) is 13.2 Å². The lowest BCUT2D eigenvalue weighted by Gasteiger charge is -2.15. The van der Waals surface area contributed by atoms with Gasteiger partial charge in [0.05, 0.1) is 30.2 Å². The van der Waals surface area contributed by atoms with Gasteiger partial charge in [-0.3, -0.25) is 4.79 Å². The van der Waals surface area contributed by atoms with Gasteiger partial charge in [0.25, 0.3) is 5.91 Å². The van der Waals surface area contributed by atoms with E-state index >= 15 is 0 Å². The number of thiophene rings is 1. The van der Waals surface area contributed by atoms with Crippen LogP contribution in [0.15, 0.2) is 58.7 Å². The van der Waals surface area contributed by atoms with Crippen LogP contribution < -0.4 is 5.32 Å². The summed E-state index contributed by atoms with van der Waals surface area (Å²) in [5.74, 6) is -0.518. The average molecular weight is 416 g/mol. The van der Waals surface area contributed by atoms with E-state index in [1.165, 1.54) is 29.9 Å². The summed E-state index contributed by atoms with van der Waals surface area (Å²) in [4.78, 5) is 17.5. The molecule has 4 aromatic rings. The Morgan fingerprint density at radius 2 is 2.03 bits per heavy atom. The molecular weight excluding hydrogens is 401 g/mol. The topological polar surface area (TPSA) is 55.1 Å². The molecule has 0 bridgehead atoms. The zero-order valence-corrected chi connectivity index (χ0v) is 16.0. The lowest BCUT2D eigenvalue weighted by molar-refractivity contribution is -0.136. The summed E-state index contributed by atoms with van der Waals surface area (Å²) in [7, 11) is 0.